The molecule has 0 amide bonds. The van der Waals surface area contributed by atoms with Crippen LogP contribution < -0.4 is 10.3 Å². The number of thiocarbonyl (C=S) groups is 1. The van der Waals surface area contributed by atoms with E-state index in [1.807, 2.05) is 18.1 Å². The predicted molar refractivity (Wildman–Crippen MR) is 78.2 cm³/mol. The lowest BCUT2D eigenvalue weighted by atomic mass is 9.88. The van der Waals surface area contributed by atoms with E-state index < -0.39 is 0 Å². The van der Waals surface area contributed by atoms with Gasteiger partial charge < -0.3 is 0 Å². The van der Waals surface area contributed by atoms with Crippen molar-refractivity contribution in [3.63, 3.8) is 0 Å². The molecule has 1 heterocycles. The Kier molecular flexibility index (Phi) is 2.99. The molecule has 1 saturated heterocycles. The minimum Gasteiger partial charge on any atom is -0.297 e. The Morgan fingerprint density at radius 3 is 2.44 bits per heavy atom. The molecule has 1 spiro atoms. The van der Waals surface area contributed by atoms with Gasteiger partial charge in [0, 0.05) is 12.7 Å². The zero-order chi connectivity index (χ0) is 12.6. The Labute approximate surface area is 114 Å². The highest BCUT2D eigenvalue weighted by molar-refractivity contribution is 7.80. The summed E-state index contributed by atoms with van der Waals surface area (Å²) in [5, 5.41) is 2.87. The van der Waals surface area contributed by atoms with E-state index in [0.29, 0.717) is 0 Å². The van der Waals surface area contributed by atoms with Crippen LogP contribution >= 0.6 is 12.2 Å². The smallest absolute Gasteiger partial charge is 0.192 e. The van der Waals surface area contributed by atoms with Gasteiger partial charge in [0.25, 0.3) is 0 Å². The lowest BCUT2D eigenvalue weighted by Crippen LogP contribution is -2.54. The lowest BCUT2D eigenvalue weighted by molar-refractivity contribution is 0.196. The van der Waals surface area contributed by atoms with Crippen LogP contribution in [-0.4, -0.2) is 22.8 Å². The highest BCUT2D eigenvalue weighted by atomic mass is 32.1. The molecule has 2 aliphatic rings. The summed E-state index contributed by atoms with van der Waals surface area (Å²) in [6.07, 6.45) is 6.20. The zero-order valence-corrected chi connectivity index (χ0v) is 11.5. The van der Waals surface area contributed by atoms with Crippen LogP contribution in [0.15, 0.2) is 30.3 Å². The van der Waals surface area contributed by atoms with Crippen molar-refractivity contribution < 1.29 is 0 Å². The molecule has 3 nitrogen and oxygen atoms in total. The third-order valence-corrected chi connectivity index (χ3v) is 4.43. The molecule has 1 aliphatic carbocycles. The number of rotatable bonds is 1. The van der Waals surface area contributed by atoms with Gasteiger partial charge in [0.15, 0.2) is 5.11 Å². The van der Waals surface area contributed by atoms with Crippen molar-refractivity contribution in [1.29, 1.82) is 0 Å². The molecule has 0 unspecified atom stereocenters. The van der Waals surface area contributed by atoms with Gasteiger partial charge in [-0.05, 0) is 50.0 Å². The summed E-state index contributed by atoms with van der Waals surface area (Å²) in [7, 11) is 2.02. The molecule has 1 aromatic rings. The molecule has 18 heavy (non-hydrogen) atoms. The molecular formula is C14H19N3S. The van der Waals surface area contributed by atoms with E-state index in [9.17, 15) is 0 Å². The molecule has 0 radical (unpaired) electrons. The summed E-state index contributed by atoms with van der Waals surface area (Å²) in [6, 6.07) is 10.5. The lowest BCUT2D eigenvalue weighted by Gasteiger charge is -2.40. The van der Waals surface area contributed by atoms with Crippen LogP contribution in [0.4, 0.5) is 5.69 Å². The van der Waals surface area contributed by atoms with Crippen LogP contribution in [0.2, 0.25) is 0 Å². The zero-order valence-electron chi connectivity index (χ0n) is 10.7. The van der Waals surface area contributed by atoms with Gasteiger partial charge in [-0.1, -0.05) is 24.6 Å². The van der Waals surface area contributed by atoms with Crippen LogP contribution in [-0.2, 0) is 0 Å². The number of nitrogens with one attached hydrogen (secondary N) is 1. The van der Waals surface area contributed by atoms with Crippen molar-refractivity contribution in [2.75, 3.05) is 11.9 Å². The normalized spacial score (nSPS) is 22.8. The third kappa shape index (κ3) is 1.80. The van der Waals surface area contributed by atoms with Crippen LogP contribution in [0.3, 0.4) is 0 Å². The fourth-order valence-corrected chi connectivity index (χ4v) is 3.48. The number of anilines is 1. The first-order valence-corrected chi connectivity index (χ1v) is 7.05. The molecule has 0 aromatic heterocycles. The maximum absolute atomic E-state index is 5.59. The molecule has 0 atom stereocenters. The predicted octanol–water partition coefficient (Wildman–Crippen LogP) is 2.89. The van der Waals surface area contributed by atoms with E-state index in [4.69, 9.17) is 12.2 Å². The van der Waals surface area contributed by atoms with Crippen molar-refractivity contribution >= 4 is 23.0 Å². The Morgan fingerprint density at radius 1 is 1.11 bits per heavy atom. The van der Waals surface area contributed by atoms with Crippen molar-refractivity contribution in [2.45, 2.75) is 37.8 Å². The molecule has 1 N–H and O–H groups in total. The van der Waals surface area contributed by atoms with Gasteiger partial charge in [-0.2, -0.15) is 0 Å². The molecule has 0 bridgehead atoms. The summed E-state index contributed by atoms with van der Waals surface area (Å²) in [5.41, 5.74) is 4.79. The number of nitrogens with zero attached hydrogens (tertiary/aromatic N) is 2. The molecule has 4 heteroatoms. The fraction of sp³-hybridized carbons (Fsp3) is 0.500. The molecule has 2 fully saturated rings. The van der Waals surface area contributed by atoms with Gasteiger partial charge in [0.2, 0.25) is 0 Å². The third-order valence-electron chi connectivity index (χ3n) is 3.98. The highest BCUT2D eigenvalue weighted by Crippen LogP contribution is 2.38. The second-order valence-corrected chi connectivity index (χ2v) is 5.58. The Morgan fingerprint density at radius 2 is 1.78 bits per heavy atom. The summed E-state index contributed by atoms with van der Waals surface area (Å²) in [6.45, 7) is 0. The average Bonchev–Trinajstić information content (AvgIpc) is 2.63. The minimum absolute atomic E-state index is 0.00539. The van der Waals surface area contributed by atoms with Crippen LogP contribution in [0.5, 0.6) is 0 Å². The number of para-hydroxylation sites is 1. The molecule has 3 rings (SSSR count). The van der Waals surface area contributed by atoms with Crippen molar-refractivity contribution in [2.24, 2.45) is 0 Å². The summed E-state index contributed by atoms with van der Waals surface area (Å²) in [4.78, 5) is 2.31. The summed E-state index contributed by atoms with van der Waals surface area (Å²) < 4.78 is 0. The summed E-state index contributed by atoms with van der Waals surface area (Å²) in [5.74, 6) is 0. The van der Waals surface area contributed by atoms with E-state index in [2.05, 4.69) is 34.6 Å². The maximum Gasteiger partial charge on any atom is 0.192 e. The molecular weight excluding hydrogens is 242 g/mol. The van der Waals surface area contributed by atoms with Gasteiger partial charge >= 0.3 is 0 Å². The first-order valence-electron chi connectivity index (χ1n) is 6.64. The molecule has 1 aliphatic heterocycles. The largest absolute Gasteiger partial charge is 0.297 e. The molecule has 1 saturated carbocycles. The van der Waals surface area contributed by atoms with Crippen molar-refractivity contribution in [3.05, 3.63) is 30.3 Å². The van der Waals surface area contributed by atoms with Crippen molar-refractivity contribution in [1.82, 2.24) is 10.4 Å². The molecule has 96 valence electrons. The minimum atomic E-state index is 0.00539. The van der Waals surface area contributed by atoms with Gasteiger partial charge in [-0.3, -0.25) is 9.91 Å². The second kappa shape index (κ2) is 4.52. The number of benzene rings is 1. The van der Waals surface area contributed by atoms with Gasteiger partial charge in [0.1, 0.15) is 5.66 Å². The van der Waals surface area contributed by atoms with E-state index in [0.717, 1.165) is 18.0 Å². The topological polar surface area (TPSA) is 18.5 Å². The highest BCUT2D eigenvalue weighted by Gasteiger charge is 2.47. The van der Waals surface area contributed by atoms with Crippen LogP contribution in [0.1, 0.15) is 32.1 Å². The van der Waals surface area contributed by atoms with Gasteiger partial charge in [0.05, 0.1) is 0 Å². The maximum atomic E-state index is 5.59. The van der Waals surface area contributed by atoms with E-state index in [1.54, 1.807) is 0 Å². The number of hydrogen-bond acceptors (Lipinski definition) is 2. The second-order valence-electron chi connectivity index (χ2n) is 5.22. The van der Waals surface area contributed by atoms with Crippen molar-refractivity contribution in [3.8, 4) is 0 Å². The fourth-order valence-electron chi connectivity index (χ4n) is 3.15. The van der Waals surface area contributed by atoms with Gasteiger partial charge in [-0.15, -0.1) is 0 Å². The Bertz CT molecular complexity index is 440. The quantitative estimate of drug-likeness (QED) is 0.783. The number of hydrogen-bond donors (Lipinski definition) is 1. The SMILES string of the molecule is CN1NC2(CCCCC2)N(c2ccccc2)C1=S. The first kappa shape index (κ1) is 11.9. The first-order chi connectivity index (χ1) is 8.73. The standard InChI is InChI=1S/C14H19N3S/c1-16-13(18)17(12-8-4-2-5-9-12)14(15-16)10-6-3-7-11-14/h2,4-5,8-9,15H,3,6-7,10-11H2,1H3. The van der Waals surface area contributed by atoms with Crippen LogP contribution in [0, 0.1) is 0 Å². The van der Waals surface area contributed by atoms with E-state index in [1.165, 1.54) is 24.9 Å². The van der Waals surface area contributed by atoms with Crippen LogP contribution in [0.25, 0.3) is 0 Å². The Balaban J connectivity index is 2.00. The summed E-state index contributed by atoms with van der Waals surface area (Å²) >= 11 is 5.59. The average molecular weight is 261 g/mol. The number of hydrazine groups is 1. The van der Waals surface area contributed by atoms with E-state index >= 15 is 0 Å². The van der Waals surface area contributed by atoms with Gasteiger partial charge in [-0.25, -0.2) is 5.43 Å². The van der Waals surface area contributed by atoms with E-state index in [-0.39, 0.29) is 5.66 Å². The molecule has 1 aromatic carbocycles. The Hall–Kier alpha value is -1.13. The monoisotopic (exact) mass is 261 g/mol.